The lowest BCUT2D eigenvalue weighted by atomic mass is 10.0. The molecule has 0 bridgehead atoms. The van der Waals surface area contributed by atoms with Gasteiger partial charge in [-0.05, 0) is 20.4 Å². The van der Waals surface area contributed by atoms with Gasteiger partial charge in [0, 0.05) is 32.8 Å². The van der Waals surface area contributed by atoms with Crippen LogP contribution in [0.2, 0.25) is 0 Å². The van der Waals surface area contributed by atoms with E-state index in [0.29, 0.717) is 6.04 Å². The van der Waals surface area contributed by atoms with Gasteiger partial charge in [0.1, 0.15) is 0 Å². The highest BCUT2D eigenvalue weighted by molar-refractivity contribution is 4.86. The lowest BCUT2D eigenvalue weighted by Crippen LogP contribution is -2.55. The average molecular weight is 232 g/mol. The number of hydrogen-bond donors (Lipinski definition) is 2. The lowest BCUT2D eigenvalue weighted by Gasteiger charge is -2.35. The predicted molar refractivity (Wildman–Crippen MR) is 67.8 cm³/mol. The highest BCUT2D eigenvalue weighted by Crippen LogP contribution is 2.07. The van der Waals surface area contributed by atoms with Crippen molar-refractivity contribution in [1.29, 1.82) is 0 Å². The molecule has 0 aliphatic heterocycles. The molecule has 0 spiro atoms. The van der Waals surface area contributed by atoms with Gasteiger partial charge in [0.05, 0.1) is 12.1 Å². The Morgan fingerprint density at radius 3 is 2.50 bits per heavy atom. The van der Waals surface area contributed by atoms with Gasteiger partial charge in [-0.2, -0.15) is 0 Å². The number of likely N-dealkylation sites (N-methyl/N-ethyl adjacent to an activating group) is 1. The maximum atomic E-state index is 9.44. The Kier molecular flexibility index (Phi) is 7.93. The SMILES string of the molecule is COCCCN(C)CC(C)(CO)NC(C)C. The molecule has 0 radical (unpaired) electrons. The third-order valence-electron chi connectivity index (χ3n) is 2.49. The van der Waals surface area contributed by atoms with E-state index in [2.05, 4.69) is 38.0 Å². The highest BCUT2D eigenvalue weighted by Gasteiger charge is 2.25. The van der Waals surface area contributed by atoms with Crippen LogP contribution in [0.4, 0.5) is 0 Å². The van der Waals surface area contributed by atoms with Gasteiger partial charge in [0.2, 0.25) is 0 Å². The van der Waals surface area contributed by atoms with E-state index >= 15 is 0 Å². The quantitative estimate of drug-likeness (QED) is 0.575. The second-order valence-corrected chi connectivity index (χ2v) is 5.10. The number of methoxy groups -OCH3 is 1. The minimum absolute atomic E-state index is 0.153. The molecule has 0 aromatic carbocycles. The number of hydrogen-bond acceptors (Lipinski definition) is 4. The molecule has 1 atom stereocenters. The van der Waals surface area contributed by atoms with Gasteiger partial charge in [-0.3, -0.25) is 0 Å². The Morgan fingerprint density at radius 1 is 1.44 bits per heavy atom. The maximum absolute atomic E-state index is 9.44. The molecule has 0 amide bonds. The number of aliphatic hydroxyl groups excluding tert-OH is 1. The molecule has 0 heterocycles. The van der Waals surface area contributed by atoms with Crippen molar-refractivity contribution in [2.45, 2.75) is 38.8 Å². The van der Waals surface area contributed by atoms with E-state index in [-0.39, 0.29) is 12.1 Å². The topological polar surface area (TPSA) is 44.7 Å². The summed E-state index contributed by atoms with van der Waals surface area (Å²) in [5.74, 6) is 0. The second kappa shape index (κ2) is 8.01. The standard InChI is InChI=1S/C12H28N2O2/c1-11(2)13-12(3,10-15)9-14(4)7-6-8-16-5/h11,13,15H,6-10H2,1-5H3. The normalized spacial score (nSPS) is 15.8. The predicted octanol–water partition coefficient (Wildman–Crippen LogP) is 0.704. The summed E-state index contributed by atoms with van der Waals surface area (Å²) in [6, 6.07) is 0.379. The number of nitrogens with zero attached hydrogens (tertiary/aromatic N) is 1. The van der Waals surface area contributed by atoms with Crippen LogP contribution in [0.5, 0.6) is 0 Å². The van der Waals surface area contributed by atoms with E-state index in [1.807, 2.05) is 0 Å². The summed E-state index contributed by atoms with van der Waals surface area (Å²) in [4.78, 5) is 2.23. The number of nitrogens with one attached hydrogen (secondary N) is 1. The molecular weight excluding hydrogens is 204 g/mol. The van der Waals surface area contributed by atoms with Crippen molar-refractivity contribution in [2.75, 3.05) is 40.5 Å². The molecule has 0 fully saturated rings. The largest absolute Gasteiger partial charge is 0.394 e. The molecule has 98 valence electrons. The first-order valence-corrected chi connectivity index (χ1v) is 5.99. The van der Waals surface area contributed by atoms with Crippen LogP contribution in [0.1, 0.15) is 27.2 Å². The Labute approximate surface area is 100.0 Å². The second-order valence-electron chi connectivity index (χ2n) is 5.10. The van der Waals surface area contributed by atoms with Gasteiger partial charge in [-0.15, -0.1) is 0 Å². The molecule has 0 aliphatic rings. The zero-order valence-corrected chi connectivity index (χ0v) is 11.4. The Hall–Kier alpha value is -0.160. The molecule has 1 unspecified atom stereocenters. The van der Waals surface area contributed by atoms with Crippen molar-refractivity contribution < 1.29 is 9.84 Å². The first-order valence-electron chi connectivity index (χ1n) is 5.99. The van der Waals surface area contributed by atoms with E-state index in [1.54, 1.807) is 7.11 Å². The molecule has 0 aromatic rings. The minimum Gasteiger partial charge on any atom is -0.394 e. The molecular formula is C12H28N2O2. The van der Waals surface area contributed by atoms with E-state index in [4.69, 9.17) is 4.74 Å². The molecule has 4 heteroatoms. The smallest absolute Gasteiger partial charge is 0.0623 e. The lowest BCUT2D eigenvalue weighted by molar-refractivity contribution is 0.117. The maximum Gasteiger partial charge on any atom is 0.0623 e. The van der Waals surface area contributed by atoms with Gasteiger partial charge in [0.15, 0.2) is 0 Å². The summed E-state index contributed by atoms with van der Waals surface area (Å²) in [7, 11) is 3.80. The number of aliphatic hydroxyl groups is 1. The van der Waals surface area contributed by atoms with Crippen LogP contribution >= 0.6 is 0 Å². The van der Waals surface area contributed by atoms with Crippen LogP contribution in [0, 0.1) is 0 Å². The molecule has 0 aromatic heterocycles. The van der Waals surface area contributed by atoms with Crippen molar-refractivity contribution in [3.05, 3.63) is 0 Å². The monoisotopic (exact) mass is 232 g/mol. The van der Waals surface area contributed by atoms with E-state index < -0.39 is 0 Å². The van der Waals surface area contributed by atoms with Crippen molar-refractivity contribution in [1.82, 2.24) is 10.2 Å². The summed E-state index contributed by atoms with van der Waals surface area (Å²) >= 11 is 0. The summed E-state index contributed by atoms with van der Waals surface area (Å²) in [5.41, 5.74) is -0.226. The van der Waals surface area contributed by atoms with Gasteiger partial charge in [-0.25, -0.2) is 0 Å². The van der Waals surface area contributed by atoms with Crippen molar-refractivity contribution in [3.63, 3.8) is 0 Å². The third kappa shape index (κ3) is 7.17. The van der Waals surface area contributed by atoms with Gasteiger partial charge >= 0.3 is 0 Å². The third-order valence-corrected chi connectivity index (χ3v) is 2.49. The fourth-order valence-electron chi connectivity index (χ4n) is 1.99. The molecule has 0 saturated carbocycles. The fraction of sp³-hybridized carbons (Fsp3) is 1.00. The molecule has 16 heavy (non-hydrogen) atoms. The van der Waals surface area contributed by atoms with Gasteiger partial charge in [0.25, 0.3) is 0 Å². The number of ether oxygens (including phenoxy) is 1. The summed E-state index contributed by atoms with van der Waals surface area (Å²) in [6.07, 6.45) is 1.02. The van der Waals surface area contributed by atoms with Crippen molar-refractivity contribution in [3.8, 4) is 0 Å². The summed E-state index contributed by atoms with van der Waals surface area (Å²) in [6.45, 7) is 9.02. The zero-order valence-electron chi connectivity index (χ0n) is 11.4. The minimum atomic E-state index is -0.226. The molecule has 2 N–H and O–H groups in total. The van der Waals surface area contributed by atoms with Crippen LogP contribution in [0.15, 0.2) is 0 Å². The Bertz CT molecular complexity index is 176. The first kappa shape index (κ1) is 15.8. The Morgan fingerprint density at radius 2 is 2.06 bits per heavy atom. The molecule has 4 nitrogen and oxygen atoms in total. The molecule has 0 aliphatic carbocycles. The summed E-state index contributed by atoms with van der Waals surface area (Å²) < 4.78 is 5.02. The van der Waals surface area contributed by atoms with E-state index in [1.165, 1.54) is 0 Å². The molecule has 0 saturated heterocycles. The average Bonchev–Trinajstić information content (AvgIpc) is 2.16. The van der Waals surface area contributed by atoms with Crippen molar-refractivity contribution in [2.24, 2.45) is 0 Å². The van der Waals surface area contributed by atoms with E-state index in [0.717, 1.165) is 26.1 Å². The fourth-order valence-corrected chi connectivity index (χ4v) is 1.99. The van der Waals surface area contributed by atoms with Crippen LogP contribution in [0.3, 0.4) is 0 Å². The highest BCUT2D eigenvalue weighted by atomic mass is 16.5. The van der Waals surface area contributed by atoms with E-state index in [9.17, 15) is 5.11 Å². The zero-order chi connectivity index (χ0) is 12.6. The van der Waals surface area contributed by atoms with Crippen LogP contribution in [0.25, 0.3) is 0 Å². The van der Waals surface area contributed by atoms with Gasteiger partial charge < -0.3 is 20.1 Å². The summed E-state index contributed by atoms with van der Waals surface area (Å²) in [5, 5.41) is 12.8. The van der Waals surface area contributed by atoms with Crippen LogP contribution < -0.4 is 5.32 Å². The van der Waals surface area contributed by atoms with Crippen molar-refractivity contribution >= 4 is 0 Å². The Balaban J connectivity index is 3.99. The number of rotatable bonds is 9. The van der Waals surface area contributed by atoms with Crippen LogP contribution in [-0.4, -0.2) is 62.0 Å². The van der Waals surface area contributed by atoms with Gasteiger partial charge in [-0.1, -0.05) is 13.8 Å². The molecule has 0 rings (SSSR count). The van der Waals surface area contributed by atoms with Crippen LogP contribution in [-0.2, 0) is 4.74 Å². The first-order chi connectivity index (χ1) is 7.43.